The molecule has 1 aliphatic carbocycles. The fourth-order valence-electron chi connectivity index (χ4n) is 2.95. The highest BCUT2D eigenvalue weighted by Gasteiger charge is 2.61. The fourth-order valence-corrected chi connectivity index (χ4v) is 3.12. The summed E-state index contributed by atoms with van der Waals surface area (Å²) in [6.45, 7) is 2.74. The van der Waals surface area contributed by atoms with Gasteiger partial charge in [-0.05, 0) is 50.8 Å². The van der Waals surface area contributed by atoms with Crippen LogP contribution < -0.4 is 5.32 Å². The van der Waals surface area contributed by atoms with Crippen molar-refractivity contribution in [2.45, 2.75) is 44.5 Å². The van der Waals surface area contributed by atoms with Gasteiger partial charge in [0.2, 0.25) is 5.60 Å². The predicted molar refractivity (Wildman–Crippen MR) is 88.7 cm³/mol. The van der Waals surface area contributed by atoms with Gasteiger partial charge in [0.1, 0.15) is 0 Å². The van der Waals surface area contributed by atoms with Gasteiger partial charge >= 0.3 is 12.2 Å². The van der Waals surface area contributed by atoms with Gasteiger partial charge in [-0.1, -0.05) is 11.6 Å². The van der Waals surface area contributed by atoms with Gasteiger partial charge in [-0.25, -0.2) is 4.79 Å². The van der Waals surface area contributed by atoms with E-state index < -0.39 is 30.4 Å². The Morgan fingerprint density at radius 3 is 2.64 bits per heavy atom. The molecule has 3 rings (SSSR count). The van der Waals surface area contributed by atoms with E-state index in [4.69, 9.17) is 16.3 Å². The number of fused-ring (bicyclic) bond motifs is 1. The number of nitrogens with zero attached hydrogens (tertiary/aromatic N) is 1. The molecular formula is C17H20ClF3N2O2. The first kappa shape index (κ1) is 18.3. The number of alkyl halides is 3. The number of hydrogen-bond donors (Lipinski definition) is 1. The van der Waals surface area contributed by atoms with Gasteiger partial charge < -0.3 is 15.0 Å². The van der Waals surface area contributed by atoms with Gasteiger partial charge in [-0.15, -0.1) is 0 Å². The van der Waals surface area contributed by atoms with Gasteiger partial charge in [0.05, 0.1) is 13.2 Å². The van der Waals surface area contributed by atoms with Crippen molar-refractivity contribution < 1.29 is 22.7 Å². The van der Waals surface area contributed by atoms with Gasteiger partial charge in [0.15, 0.2) is 0 Å². The van der Waals surface area contributed by atoms with Crippen molar-refractivity contribution >= 4 is 23.3 Å². The maximum absolute atomic E-state index is 14.3. The molecule has 0 aromatic heterocycles. The van der Waals surface area contributed by atoms with E-state index in [2.05, 4.69) is 5.32 Å². The average molecular weight is 377 g/mol. The molecule has 138 valence electrons. The Bertz CT molecular complexity index is 676. The zero-order valence-corrected chi connectivity index (χ0v) is 14.7. The Hall–Kier alpha value is -1.47. The van der Waals surface area contributed by atoms with Crippen molar-refractivity contribution in [2.75, 3.05) is 18.5 Å². The largest absolute Gasteiger partial charge is 0.423 e. The molecule has 1 aromatic carbocycles. The quantitative estimate of drug-likeness (QED) is 0.821. The van der Waals surface area contributed by atoms with Crippen molar-refractivity contribution in [3.8, 4) is 0 Å². The van der Waals surface area contributed by atoms with Crippen LogP contribution in [0.4, 0.5) is 23.7 Å². The van der Waals surface area contributed by atoms with Crippen LogP contribution >= 0.6 is 11.6 Å². The molecule has 4 nitrogen and oxygen atoms in total. The van der Waals surface area contributed by atoms with Crippen LogP contribution in [0.15, 0.2) is 18.2 Å². The molecule has 0 saturated heterocycles. The molecule has 1 aliphatic heterocycles. The summed E-state index contributed by atoms with van der Waals surface area (Å²) in [5, 5.41) is 2.72. The summed E-state index contributed by atoms with van der Waals surface area (Å²) in [5.74, 6) is 0.140. The summed E-state index contributed by atoms with van der Waals surface area (Å²) < 4.78 is 48.4. The Kier molecular flexibility index (Phi) is 4.66. The van der Waals surface area contributed by atoms with Crippen molar-refractivity contribution in [3.05, 3.63) is 28.8 Å². The Labute approximate surface area is 149 Å². The number of amides is 2. The Balaban J connectivity index is 2.15. The number of nitrogens with one attached hydrogen (secondary N) is 1. The smallest absolute Gasteiger partial charge is 0.359 e. The second-order valence-electron chi connectivity index (χ2n) is 6.92. The maximum Gasteiger partial charge on any atom is 0.423 e. The standard InChI is InChI=1S/C17H20ClF3N2O2/c1-10(2)23-9-16(17(19,20)21,25-8-11-3-4-11)13-7-12(18)5-6-14(13)22-15(23)24/h5-7,10-11H,3-4,8-9H2,1-2H3,(H,22,24)/t16-/m0/s1. The molecule has 1 atom stereocenters. The zero-order chi connectivity index (χ0) is 18.4. The lowest BCUT2D eigenvalue weighted by Gasteiger charge is -2.39. The van der Waals surface area contributed by atoms with E-state index in [9.17, 15) is 18.0 Å². The molecule has 0 spiro atoms. The van der Waals surface area contributed by atoms with Crippen LogP contribution in [0.2, 0.25) is 5.02 Å². The molecule has 1 fully saturated rings. The van der Waals surface area contributed by atoms with Crippen molar-refractivity contribution in [1.29, 1.82) is 0 Å². The van der Waals surface area contributed by atoms with E-state index in [1.165, 1.54) is 18.2 Å². The lowest BCUT2D eigenvalue weighted by Crippen LogP contribution is -2.54. The lowest BCUT2D eigenvalue weighted by molar-refractivity contribution is -0.289. The maximum atomic E-state index is 14.3. The summed E-state index contributed by atoms with van der Waals surface area (Å²) in [6.07, 6.45) is -2.98. The number of anilines is 1. The molecule has 2 amide bonds. The third kappa shape index (κ3) is 3.44. The Morgan fingerprint density at radius 1 is 1.40 bits per heavy atom. The van der Waals surface area contributed by atoms with Crippen molar-refractivity contribution in [1.82, 2.24) is 4.90 Å². The minimum Gasteiger partial charge on any atom is -0.359 e. The van der Waals surface area contributed by atoms with Crippen molar-refractivity contribution in [3.63, 3.8) is 0 Å². The molecule has 0 radical (unpaired) electrons. The summed E-state index contributed by atoms with van der Waals surface area (Å²) in [7, 11) is 0. The average Bonchev–Trinajstić information content (AvgIpc) is 3.32. The monoisotopic (exact) mass is 376 g/mol. The van der Waals surface area contributed by atoms with E-state index in [1.807, 2.05) is 0 Å². The van der Waals surface area contributed by atoms with Gasteiger partial charge in [-0.2, -0.15) is 13.2 Å². The lowest BCUT2D eigenvalue weighted by atomic mass is 9.90. The van der Waals surface area contributed by atoms with Crippen LogP contribution in [0, 0.1) is 5.92 Å². The molecule has 0 bridgehead atoms. The second kappa shape index (κ2) is 6.36. The van der Waals surface area contributed by atoms with Crippen LogP contribution in [0.25, 0.3) is 0 Å². The van der Waals surface area contributed by atoms with Crippen LogP contribution in [0.5, 0.6) is 0 Å². The van der Waals surface area contributed by atoms with E-state index in [1.54, 1.807) is 13.8 Å². The molecule has 25 heavy (non-hydrogen) atoms. The number of ether oxygens (including phenoxy) is 1. The van der Waals surface area contributed by atoms with E-state index in [0.717, 1.165) is 17.7 Å². The summed E-state index contributed by atoms with van der Waals surface area (Å²) in [5.41, 5.74) is -2.69. The van der Waals surface area contributed by atoms with E-state index >= 15 is 0 Å². The first-order valence-corrected chi connectivity index (χ1v) is 8.60. The first-order valence-electron chi connectivity index (χ1n) is 8.22. The normalized spacial score (nSPS) is 24.1. The fraction of sp³-hybridized carbons (Fsp3) is 0.588. The minimum atomic E-state index is -4.71. The SMILES string of the molecule is CC(C)N1C[C@@](OCC2CC2)(C(F)(F)F)c2cc(Cl)ccc2NC1=O. The minimum absolute atomic E-state index is 0.00554. The first-order chi connectivity index (χ1) is 11.6. The molecule has 1 aromatic rings. The highest BCUT2D eigenvalue weighted by molar-refractivity contribution is 6.30. The highest BCUT2D eigenvalue weighted by atomic mass is 35.5. The molecular weight excluding hydrogens is 357 g/mol. The van der Waals surface area contributed by atoms with Crippen LogP contribution in [-0.2, 0) is 10.3 Å². The van der Waals surface area contributed by atoms with Gasteiger partial charge in [0.25, 0.3) is 0 Å². The van der Waals surface area contributed by atoms with Gasteiger partial charge in [0, 0.05) is 22.3 Å². The number of carbonyl (C=O) groups is 1. The number of urea groups is 1. The zero-order valence-electron chi connectivity index (χ0n) is 14.0. The number of carbonyl (C=O) groups excluding carboxylic acids is 1. The van der Waals surface area contributed by atoms with Crippen LogP contribution in [0.3, 0.4) is 0 Å². The number of rotatable bonds is 4. The topological polar surface area (TPSA) is 41.6 Å². The summed E-state index contributed by atoms with van der Waals surface area (Å²) in [6, 6.07) is 3.07. The number of hydrogen-bond acceptors (Lipinski definition) is 2. The molecule has 1 saturated carbocycles. The van der Waals surface area contributed by atoms with Crippen LogP contribution in [-0.4, -0.2) is 36.3 Å². The van der Waals surface area contributed by atoms with E-state index in [0.29, 0.717) is 0 Å². The number of halogens is 4. The second-order valence-corrected chi connectivity index (χ2v) is 7.36. The molecule has 8 heteroatoms. The summed E-state index contributed by atoms with van der Waals surface area (Å²) in [4.78, 5) is 13.6. The highest BCUT2D eigenvalue weighted by Crippen LogP contribution is 2.49. The predicted octanol–water partition coefficient (Wildman–Crippen LogP) is 4.78. The molecule has 1 heterocycles. The summed E-state index contributed by atoms with van der Waals surface area (Å²) >= 11 is 5.97. The third-order valence-electron chi connectivity index (χ3n) is 4.66. The molecule has 1 N–H and O–H groups in total. The number of benzene rings is 1. The van der Waals surface area contributed by atoms with Crippen LogP contribution in [0.1, 0.15) is 32.3 Å². The Morgan fingerprint density at radius 2 is 2.08 bits per heavy atom. The third-order valence-corrected chi connectivity index (χ3v) is 4.89. The molecule has 2 aliphatic rings. The van der Waals surface area contributed by atoms with Gasteiger partial charge in [-0.3, -0.25) is 0 Å². The van der Waals surface area contributed by atoms with Crippen molar-refractivity contribution in [2.24, 2.45) is 5.92 Å². The molecule has 0 unspecified atom stereocenters. The van der Waals surface area contributed by atoms with E-state index in [-0.39, 0.29) is 28.8 Å².